The molecule has 2 heterocycles. The van der Waals surface area contributed by atoms with E-state index in [1.165, 1.54) is 87.2 Å². The largest absolute Gasteiger partial charge is 0.306 e. The zero-order valence-corrected chi connectivity index (χ0v) is 28.9. The Morgan fingerprint density at radius 1 is 0.302 bits per heavy atom. The van der Waals surface area contributed by atoms with Gasteiger partial charge >= 0.3 is 0 Å². The maximum absolute atomic E-state index is 4.99. The number of aromatic nitrogens is 2. The van der Waals surface area contributed by atoms with Crippen LogP contribution in [0.5, 0.6) is 0 Å². The van der Waals surface area contributed by atoms with Crippen LogP contribution in [0.1, 0.15) is 0 Å². The number of hydrogen-bond donors (Lipinski definition) is 0. The van der Waals surface area contributed by atoms with E-state index in [4.69, 9.17) is 4.98 Å². The van der Waals surface area contributed by atoms with E-state index in [2.05, 4.69) is 199 Å². The van der Waals surface area contributed by atoms with Gasteiger partial charge in [-0.1, -0.05) is 158 Å². The van der Waals surface area contributed by atoms with Gasteiger partial charge in [0.15, 0.2) is 0 Å². The van der Waals surface area contributed by atoms with E-state index in [9.17, 15) is 0 Å². The van der Waals surface area contributed by atoms with E-state index >= 15 is 0 Å². The van der Waals surface area contributed by atoms with E-state index in [0.29, 0.717) is 0 Å². The molecule has 0 aliphatic rings. The molecule has 0 N–H and O–H groups in total. The van der Waals surface area contributed by atoms with E-state index < -0.39 is 0 Å². The molecule has 0 saturated heterocycles. The van der Waals surface area contributed by atoms with Crippen molar-refractivity contribution in [2.24, 2.45) is 0 Å². The normalized spacial score (nSPS) is 11.8. The lowest BCUT2D eigenvalue weighted by Crippen LogP contribution is -1.92. The van der Waals surface area contributed by atoms with Gasteiger partial charge in [0.25, 0.3) is 0 Å². The summed E-state index contributed by atoms with van der Waals surface area (Å²) in [6.07, 6.45) is 4.29. The van der Waals surface area contributed by atoms with E-state index in [1.54, 1.807) is 0 Å². The van der Waals surface area contributed by atoms with Crippen molar-refractivity contribution >= 4 is 59.5 Å². The van der Waals surface area contributed by atoms with Gasteiger partial charge in [0.05, 0.1) is 5.69 Å². The first-order valence-electron chi connectivity index (χ1n) is 18.2. The van der Waals surface area contributed by atoms with Gasteiger partial charge in [0, 0.05) is 18.0 Å². The van der Waals surface area contributed by atoms with Crippen molar-refractivity contribution in [1.29, 1.82) is 0 Å². The Hall–Kier alpha value is -7.03. The van der Waals surface area contributed by atoms with Crippen LogP contribution in [0.2, 0.25) is 0 Å². The van der Waals surface area contributed by atoms with Gasteiger partial charge in [0.1, 0.15) is 5.65 Å². The molecule has 9 aromatic carbocycles. The summed E-state index contributed by atoms with van der Waals surface area (Å²) in [6.45, 7) is 0. The fourth-order valence-electron chi connectivity index (χ4n) is 8.31. The molecule has 0 unspecified atom stereocenters. The maximum atomic E-state index is 4.99. The van der Waals surface area contributed by atoms with Crippen molar-refractivity contribution in [2.45, 2.75) is 0 Å². The second kappa shape index (κ2) is 11.8. The molecule has 2 nitrogen and oxygen atoms in total. The predicted molar refractivity (Wildman–Crippen MR) is 224 cm³/mol. The smallest absolute Gasteiger partial charge is 0.138 e. The van der Waals surface area contributed by atoms with Crippen LogP contribution in [-0.2, 0) is 0 Å². The molecule has 0 saturated carbocycles. The highest BCUT2D eigenvalue weighted by Crippen LogP contribution is 2.45. The molecule has 2 aromatic heterocycles. The fourth-order valence-corrected chi connectivity index (χ4v) is 8.31. The lowest BCUT2D eigenvalue weighted by molar-refractivity contribution is 1.21. The molecule has 0 fully saturated rings. The Labute approximate surface area is 306 Å². The van der Waals surface area contributed by atoms with Crippen molar-refractivity contribution in [1.82, 2.24) is 9.38 Å². The zero-order valence-electron chi connectivity index (χ0n) is 28.9. The van der Waals surface area contributed by atoms with Crippen LogP contribution in [0.4, 0.5) is 0 Å². The predicted octanol–water partition coefficient (Wildman–Crippen LogP) is 13.8. The molecule has 2 heteroatoms. The second-order valence-corrected chi connectivity index (χ2v) is 14.1. The minimum absolute atomic E-state index is 0.952. The first kappa shape index (κ1) is 29.7. The molecule has 11 rings (SSSR count). The van der Waals surface area contributed by atoms with Crippen molar-refractivity contribution in [2.75, 3.05) is 0 Å². The van der Waals surface area contributed by atoms with Gasteiger partial charge in [-0.3, -0.25) is 0 Å². The summed E-state index contributed by atoms with van der Waals surface area (Å²) in [5.74, 6) is 0. The Morgan fingerprint density at radius 3 is 1.42 bits per heavy atom. The van der Waals surface area contributed by atoms with Gasteiger partial charge in [-0.05, 0) is 112 Å². The van der Waals surface area contributed by atoms with Gasteiger partial charge in [-0.15, -0.1) is 0 Å². The van der Waals surface area contributed by atoms with Crippen LogP contribution >= 0.6 is 0 Å². The third kappa shape index (κ3) is 4.92. The van der Waals surface area contributed by atoms with Gasteiger partial charge < -0.3 is 4.40 Å². The third-order valence-corrected chi connectivity index (χ3v) is 10.9. The van der Waals surface area contributed by atoms with Crippen LogP contribution in [-0.4, -0.2) is 9.38 Å². The maximum Gasteiger partial charge on any atom is 0.138 e. The summed E-state index contributed by atoms with van der Waals surface area (Å²) in [5, 5.41) is 12.4. The number of fused-ring (bicyclic) bond motifs is 6. The zero-order chi connectivity index (χ0) is 34.9. The molecule has 0 radical (unpaired) electrons. The van der Waals surface area contributed by atoms with Gasteiger partial charge in [-0.25, -0.2) is 4.98 Å². The first-order valence-corrected chi connectivity index (χ1v) is 18.2. The molecular weight excluding hydrogens is 641 g/mol. The lowest BCUT2D eigenvalue weighted by atomic mass is 9.84. The van der Waals surface area contributed by atoms with Crippen molar-refractivity contribution in [3.8, 4) is 44.6 Å². The van der Waals surface area contributed by atoms with Crippen LogP contribution < -0.4 is 0 Å². The summed E-state index contributed by atoms with van der Waals surface area (Å²) < 4.78 is 2.13. The number of benzene rings is 9. The average Bonchev–Trinajstić information content (AvgIpc) is 3.64. The number of nitrogens with zero attached hydrogens (tertiary/aromatic N) is 2. The number of imidazole rings is 1. The number of rotatable bonds is 4. The Kier molecular flexibility index (Phi) is 6.59. The minimum Gasteiger partial charge on any atom is -0.306 e. The molecular formula is C51H32N2. The van der Waals surface area contributed by atoms with E-state index in [0.717, 1.165) is 16.9 Å². The Morgan fingerprint density at radius 2 is 0.774 bits per heavy atom. The summed E-state index contributed by atoms with van der Waals surface area (Å²) in [4.78, 5) is 4.99. The first-order chi connectivity index (χ1) is 26.2. The molecule has 11 aromatic rings. The van der Waals surface area contributed by atoms with E-state index in [1.807, 2.05) is 0 Å². The summed E-state index contributed by atoms with van der Waals surface area (Å²) in [6, 6.07) is 66.5. The Balaban J connectivity index is 1.11. The minimum atomic E-state index is 0.952. The highest BCUT2D eigenvalue weighted by atomic mass is 15.0. The molecule has 0 spiro atoms. The van der Waals surface area contributed by atoms with Crippen LogP contribution in [0.25, 0.3) is 104 Å². The molecule has 0 aliphatic heterocycles. The molecule has 0 aliphatic carbocycles. The van der Waals surface area contributed by atoms with Gasteiger partial charge in [-0.2, -0.15) is 0 Å². The van der Waals surface area contributed by atoms with Crippen molar-refractivity contribution in [3.05, 3.63) is 194 Å². The van der Waals surface area contributed by atoms with E-state index in [-0.39, 0.29) is 0 Å². The van der Waals surface area contributed by atoms with Crippen molar-refractivity contribution in [3.63, 3.8) is 0 Å². The summed E-state index contributed by atoms with van der Waals surface area (Å²) in [5.41, 5.74) is 10.4. The molecule has 0 bridgehead atoms. The highest BCUT2D eigenvalue weighted by molar-refractivity contribution is 6.22. The lowest BCUT2D eigenvalue weighted by Gasteiger charge is -2.19. The fraction of sp³-hybridized carbons (Fsp3) is 0. The quantitative estimate of drug-likeness (QED) is 0.170. The molecule has 53 heavy (non-hydrogen) atoms. The second-order valence-electron chi connectivity index (χ2n) is 14.1. The third-order valence-electron chi connectivity index (χ3n) is 10.9. The molecule has 0 atom stereocenters. The van der Waals surface area contributed by atoms with Gasteiger partial charge in [0.2, 0.25) is 0 Å². The SMILES string of the molecule is c1ccc2cc(-c3c4ccccc4c(-c4ccc5ccccc5c4)c4cc(-c5ccc(-c6cn7cc8ccccc8cc7n6)cc5)ccc34)ccc2c1. The molecule has 0 amide bonds. The molecule has 246 valence electrons. The van der Waals surface area contributed by atoms with Crippen LogP contribution in [0.15, 0.2) is 194 Å². The number of pyridine rings is 1. The summed E-state index contributed by atoms with van der Waals surface area (Å²) in [7, 11) is 0. The topological polar surface area (TPSA) is 17.3 Å². The standard InChI is InChI=1S/C51H32N2/c1-3-11-37-27-41(23-19-33(37)9-1)50-44-15-7-8-16-45(44)51(42-24-20-34-10-2-4-12-38(34)28-42)47-29-40(25-26-46(47)50)35-17-21-36(22-18-35)48-32-53-31-43-14-6-5-13-39(43)30-49(53)52-48/h1-32H. The number of hydrogen-bond acceptors (Lipinski definition) is 1. The Bertz CT molecular complexity index is 3170. The van der Waals surface area contributed by atoms with Crippen LogP contribution in [0, 0.1) is 0 Å². The van der Waals surface area contributed by atoms with Crippen molar-refractivity contribution < 1.29 is 0 Å². The van der Waals surface area contributed by atoms with Crippen LogP contribution in [0.3, 0.4) is 0 Å². The summed E-state index contributed by atoms with van der Waals surface area (Å²) >= 11 is 0. The average molecular weight is 673 g/mol. The highest BCUT2D eigenvalue weighted by Gasteiger charge is 2.18. The monoisotopic (exact) mass is 672 g/mol.